The zero-order chi connectivity index (χ0) is 29.3. The molecule has 3 aromatic rings. The van der Waals surface area contributed by atoms with Gasteiger partial charge in [-0.15, -0.1) is 0 Å². The SMILES string of the molecule is CC.CCC.COc1cc(Nc2ccccc2)ccc1N=[N+]=[S-](=O)OO[O-].O=C=Nc1ccccc1N=C=O. The normalized spacial score (nSPS) is 8.79. The van der Waals surface area contributed by atoms with Gasteiger partial charge in [-0.05, 0) is 40.6 Å². The van der Waals surface area contributed by atoms with Crippen molar-refractivity contribution in [1.82, 2.24) is 4.16 Å². The molecule has 0 atom stereocenters. The van der Waals surface area contributed by atoms with Gasteiger partial charge in [0.25, 0.3) is 10.9 Å². The van der Waals surface area contributed by atoms with E-state index in [1.807, 2.05) is 44.2 Å². The molecule has 39 heavy (non-hydrogen) atoms. The fourth-order valence-electron chi connectivity index (χ4n) is 2.39. The number of nitrogens with zero attached hydrogens (tertiary/aromatic N) is 4. The van der Waals surface area contributed by atoms with Gasteiger partial charge in [0, 0.05) is 17.4 Å². The maximum atomic E-state index is 11.0. The minimum atomic E-state index is -2.32. The summed E-state index contributed by atoms with van der Waals surface area (Å²) in [6.45, 7) is 8.25. The molecule has 0 bridgehead atoms. The van der Waals surface area contributed by atoms with Crippen LogP contribution in [0.5, 0.6) is 5.75 Å². The van der Waals surface area contributed by atoms with Crippen LogP contribution in [0.15, 0.2) is 87.9 Å². The molecule has 0 aliphatic heterocycles. The summed E-state index contributed by atoms with van der Waals surface area (Å²) in [5.41, 5.74) is 2.65. The Bertz CT molecular complexity index is 1290. The summed E-state index contributed by atoms with van der Waals surface area (Å²) < 4.78 is 23.2. The maximum absolute atomic E-state index is 11.0. The molecule has 13 heteroatoms. The highest BCUT2D eigenvalue weighted by molar-refractivity contribution is 7.68. The number of ether oxygens (including phenoxy) is 1. The molecule has 0 spiro atoms. The average Bonchev–Trinajstić information content (AvgIpc) is 2.96. The minimum absolute atomic E-state index is 0.316. The zero-order valence-electron chi connectivity index (χ0n) is 22.2. The van der Waals surface area contributed by atoms with Gasteiger partial charge in [-0.25, -0.2) is 13.9 Å². The molecule has 0 fully saturated rings. The molecule has 208 valence electrons. The molecule has 0 amide bonds. The van der Waals surface area contributed by atoms with E-state index in [2.05, 4.69) is 47.8 Å². The van der Waals surface area contributed by atoms with Gasteiger partial charge < -0.3 is 24.6 Å². The van der Waals surface area contributed by atoms with Gasteiger partial charge in [0.15, 0.2) is 11.4 Å². The number of para-hydroxylation sites is 3. The Balaban J connectivity index is 0.000000714. The van der Waals surface area contributed by atoms with Crippen molar-refractivity contribution in [2.75, 3.05) is 12.4 Å². The predicted molar refractivity (Wildman–Crippen MR) is 146 cm³/mol. The number of hydrogen-bond donors (Lipinski definition) is 1. The number of isocyanates is 2. The standard InChI is InChI=1S/C13H13N3O5S.C8H4N2O2.C3H8.C2H6/c1-19-13-9-11(14-10-5-3-2-4-6-10)7-8-12(13)15-16-22(18)21-20-17;11-5-9-7-3-1-2-4-8(7)10-6-12;1-3-2;1-2/h2-9,14,17H,1H3;1-4H;3H2,1-2H3;1-2H3/p-1. The number of anilines is 2. The second-order valence-electron chi connectivity index (χ2n) is 6.51. The summed E-state index contributed by atoms with van der Waals surface area (Å²) in [5, 5.41) is 19.5. The van der Waals surface area contributed by atoms with Crippen molar-refractivity contribution in [3.05, 3.63) is 72.8 Å². The van der Waals surface area contributed by atoms with Gasteiger partial charge in [-0.2, -0.15) is 9.98 Å². The van der Waals surface area contributed by atoms with Gasteiger partial charge in [0.05, 0.1) is 7.11 Å². The van der Waals surface area contributed by atoms with Crippen LogP contribution in [0.4, 0.5) is 28.4 Å². The molecule has 1 N–H and O–H groups in total. The molecular formula is C26H30N5O7S-. The minimum Gasteiger partial charge on any atom is -0.693 e. The average molecular weight is 557 g/mol. The molecule has 0 aliphatic carbocycles. The number of aliphatic imine (C=N–C) groups is 2. The lowest BCUT2D eigenvalue weighted by atomic mass is 10.2. The summed E-state index contributed by atoms with van der Waals surface area (Å²) in [6.07, 6.45) is 3.99. The number of nitrogens with one attached hydrogen (secondary N) is 1. The number of hydrogen-bond acceptors (Lipinski definition) is 12. The molecule has 0 aromatic heterocycles. The molecule has 3 rings (SSSR count). The lowest BCUT2D eigenvalue weighted by Crippen LogP contribution is -2.04. The van der Waals surface area contributed by atoms with E-state index in [0.29, 0.717) is 22.8 Å². The Kier molecular flexibility index (Phi) is 20.1. The van der Waals surface area contributed by atoms with Crippen molar-refractivity contribution in [2.45, 2.75) is 34.1 Å². The van der Waals surface area contributed by atoms with Crippen molar-refractivity contribution >= 4 is 51.5 Å². The van der Waals surface area contributed by atoms with Crippen LogP contribution in [0, 0.1) is 0 Å². The van der Waals surface area contributed by atoms with Crippen molar-refractivity contribution in [3.63, 3.8) is 0 Å². The summed E-state index contributed by atoms with van der Waals surface area (Å²) in [5.74, 6) is 0.407. The van der Waals surface area contributed by atoms with E-state index in [1.54, 1.807) is 42.5 Å². The Morgan fingerprint density at radius 1 is 0.872 bits per heavy atom. The largest absolute Gasteiger partial charge is 0.693 e. The lowest BCUT2D eigenvalue weighted by molar-refractivity contribution is -0.777. The Hall–Kier alpha value is -4.44. The maximum Gasteiger partial charge on any atom is 0.294 e. The van der Waals surface area contributed by atoms with Crippen LogP contribution in [0.3, 0.4) is 0 Å². The molecule has 0 aliphatic rings. The van der Waals surface area contributed by atoms with E-state index in [1.165, 1.54) is 25.7 Å². The first-order valence-electron chi connectivity index (χ1n) is 11.6. The molecule has 0 radical (unpaired) electrons. The van der Waals surface area contributed by atoms with Crippen LogP contribution in [-0.2, 0) is 34.0 Å². The quantitative estimate of drug-likeness (QED) is 0.0677. The topological polar surface area (TPSA) is 165 Å². The molecule has 0 unspecified atom stereocenters. The third-order valence-electron chi connectivity index (χ3n) is 3.76. The number of carbonyl (C=O) groups excluding carboxylic acids is 2. The molecule has 3 aromatic carbocycles. The highest BCUT2D eigenvalue weighted by atomic mass is 32.2. The molecule has 0 saturated carbocycles. The summed E-state index contributed by atoms with van der Waals surface area (Å²) in [4.78, 5) is 26.5. The number of rotatable bonds is 8. The molecular weight excluding hydrogens is 526 g/mol. The highest BCUT2D eigenvalue weighted by Gasteiger charge is 2.07. The van der Waals surface area contributed by atoms with Crippen LogP contribution in [0.25, 0.3) is 0 Å². The van der Waals surface area contributed by atoms with Crippen molar-refractivity contribution in [3.8, 4) is 5.75 Å². The highest BCUT2D eigenvalue weighted by Crippen LogP contribution is 2.31. The first-order valence-corrected chi connectivity index (χ1v) is 12.6. The van der Waals surface area contributed by atoms with Gasteiger partial charge >= 0.3 is 0 Å². The van der Waals surface area contributed by atoms with Crippen LogP contribution < -0.4 is 19.5 Å². The van der Waals surface area contributed by atoms with Gasteiger partial charge in [-0.3, -0.25) is 0 Å². The molecule has 0 saturated heterocycles. The second kappa shape index (κ2) is 22.7. The first kappa shape index (κ1) is 34.6. The molecule has 12 nitrogen and oxygen atoms in total. The molecule has 0 heterocycles. The zero-order valence-corrected chi connectivity index (χ0v) is 23.0. The number of methoxy groups -OCH3 is 1. The smallest absolute Gasteiger partial charge is 0.294 e. The van der Waals surface area contributed by atoms with E-state index in [9.17, 15) is 19.1 Å². The monoisotopic (exact) mass is 556 g/mol. The van der Waals surface area contributed by atoms with E-state index < -0.39 is 10.9 Å². The van der Waals surface area contributed by atoms with E-state index in [-0.39, 0.29) is 0 Å². The number of benzene rings is 3. The Morgan fingerprint density at radius 2 is 1.41 bits per heavy atom. The van der Waals surface area contributed by atoms with Gasteiger partial charge in [0.1, 0.15) is 16.5 Å². The van der Waals surface area contributed by atoms with Crippen LogP contribution in [0.1, 0.15) is 34.1 Å². The summed E-state index contributed by atoms with van der Waals surface area (Å²) >= 11 is 0. The third-order valence-corrected chi connectivity index (χ3v) is 4.14. The summed E-state index contributed by atoms with van der Waals surface area (Å²) in [7, 11) is -0.848. The van der Waals surface area contributed by atoms with Crippen molar-refractivity contribution in [2.24, 2.45) is 15.1 Å². The van der Waals surface area contributed by atoms with Crippen molar-refractivity contribution in [1.29, 1.82) is 0 Å². The van der Waals surface area contributed by atoms with Crippen LogP contribution in [-0.4, -0.2) is 19.3 Å². The van der Waals surface area contributed by atoms with Crippen LogP contribution >= 0.6 is 0 Å². The van der Waals surface area contributed by atoms with E-state index >= 15 is 0 Å². The fourth-order valence-corrected chi connectivity index (χ4v) is 2.62. The summed E-state index contributed by atoms with van der Waals surface area (Å²) in [6, 6.07) is 21.1. The fraction of sp³-hybridized carbons (Fsp3) is 0.231. The van der Waals surface area contributed by atoms with E-state index in [4.69, 9.17) is 4.74 Å². The Labute approximate surface area is 229 Å². The predicted octanol–water partition coefficient (Wildman–Crippen LogP) is 5.94. The Morgan fingerprint density at radius 3 is 1.90 bits per heavy atom. The van der Waals surface area contributed by atoms with Crippen molar-refractivity contribution < 1.29 is 33.2 Å². The van der Waals surface area contributed by atoms with Crippen LogP contribution in [0.2, 0.25) is 0 Å². The van der Waals surface area contributed by atoms with Gasteiger partial charge in [-0.1, -0.05) is 64.4 Å². The van der Waals surface area contributed by atoms with Gasteiger partial charge in [0.2, 0.25) is 12.2 Å². The second-order valence-corrected chi connectivity index (χ2v) is 7.25. The first-order chi connectivity index (χ1) is 19.0. The van der Waals surface area contributed by atoms with E-state index in [0.717, 1.165) is 11.4 Å². The third kappa shape index (κ3) is 14.8. The lowest BCUT2D eigenvalue weighted by Gasteiger charge is -2.08.